The molecule has 1 heterocycles. The van der Waals surface area contributed by atoms with E-state index in [2.05, 4.69) is 17.0 Å². The number of hydrogen-bond acceptors (Lipinski definition) is 4. The summed E-state index contributed by atoms with van der Waals surface area (Å²) in [6.07, 6.45) is 5.02. The fourth-order valence-electron chi connectivity index (χ4n) is 4.12. The molecule has 0 spiro atoms. The highest BCUT2D eigenvalue weighted by molar-refractivity contribution is 5.75. The Morgan fingerprint density at radius 1 is 1.36 bits per heavy atom. The SMILES string of the molecule is COCc1cc(CN2CCCC(CC3CC3)(C(=O)O)C2)ccc1OC. The second-order valence-corrected chi connectivity index (χ2v) is 7.63. The smallest absolute Gasteiger partial charge is 0.310 e. The number of ether oxygens (including phenoxy) is 2. The Bertz CT molecular complexity index is 614. The molecule has 0 aromatic heterocycles. The van der Waals surface area contributed by atoms with Crippen LogP contribution < -0.4 is 4.74 Å². The average Bonchev–Trinajstić information content (AvgIpc) is 3.39. The van der Waals surface area contributed by atoms with E-state index in [0.717, 1.165) is 43.7 Å². The van der Waals surface area contributed by atoms with Crippen molar-refractivity contribution in [2.24, 2.45) is 11.3 Å². The zero-order valence-electron chi connectivity index (χ0n) is 15.3. The number of carboxylic acids is 1. The minimum Gasteiger partial charge on any atom is -0.496 e. The van der Waals surface area contributed by atoms with E-state index in [1.165, 1.54) is 18.4 Å². The Labute approximate surface area is 149 Å². The van der Waals surface area contributed by atoms with Crippen molar-refractivity contribution in [3.8, 4) is 5.75 Å². The highest BCUT2D eigenvalue weighted by Crippen LogP contribution is 2.45. The third-order valence-electron chi connectivity index (χ3n) is 5.54. The Hall–Kier alpha value is -1.59. The zero-order chi connectivity index (χ0) is 17.9. The van der Waals surface area contributed by atoms with Crippen LogP contribution in [0.15, 0.2) is 18.2 Å². The zero-order valence-corrected chi connectivity index (χ0v) is 15.3. The minimum absolute atomic E-state index is 0.512. The Morgan fingerprint density at radius 2 is 2.16 bits per heavy atom. The van der Waals surface area contributed by atoms with Crippen LogP contribution in [0.3, 0.4) is 0 Å². The lowest BCUT2D eigenvalue weighted by Gasteiger charge is -2.40. The van der Waals surface area contributed by atoms with Crippen LogP contribution in [-0.4, -0.2) is 43.3 Å². The van der Waals surface area contributed by atoms with Gasteiger partial charge < -0.3 is 14.6 Å². The highest BCUT2D eigenvalue weighted by atomic mass is 16.5. The van der Waals surface area contributed by atoms with Crippen LogP contribution in [0.25, 0.3) is 0 Å². The van der Waals surface area contributed by atoms with Crippen molar-refractivity contribution >= 4 is 5.97 Å². The van der Waals surface area contributed by atoms with E-state index in [1.54, 1.807) is 14.2 Å². The molecule has 1 saturated carbocycles. The van der Waals surface area contributed by atoms with Gasteiger partial charge in [-0.15, -0.1) is 0 Å². The van der Waals surface area contributed by atoms with Crippen LogP contribution in [0.1, 0.15) is 43.2 Å². The van der Waals surface area contributed by atoms with Gasteiger partial charge >= 0.3 is 5.97 Å². The second kappa shape index (κ2) is 7.75. The molecular formula is C20H29NO4. The number of aliphatic carboxylic acids is 1. The van der Waals surface area contributed by atoms with Crippen molar-refractivity contribution in [1.29, 1.82) is 0 Å². The van der Waals surface area contributed by atoms with E-state index in [0.29, 0.717) is 19.1 Å². The van der Waals surface area contributed by atoms with Gasteiger partial charge in [-0.25, -0.2) is 0 Å². The minimum atomic E-state index is -0.612. The topological polar surface area (TPSA) is 59.0 Å². The molecule has 1 atom stereocenters. The van der Waals surface area contributed by atoms with Crippen LogP contribution in [0, 0.1) is 11.3 Å². The van der Waals surface area contributed by atoms with Gasteiger partial charge in [0.25, 0.3) is 0 Å². The monoisotopic (exact) mass is 347 g/mol. The van der Waals surface area contributed by atoms with Gasteiger partial charge in [-0.05, 0) is 49.4 Å². The summed E-state index contributed by atoms with van der Waals surface area (Å²) in [5, 5.41) is 9.87. The van der Waals surface area contributed by atoms with Gasteiger partial charge in [-0.2, -0.15) is 0 Å². The predicted octanol–water partition coefficient (Wildman–Crippen LogP) is 3.31. The van der Waals surface area contributed by atoms with Crippen molar-refractivity contribution in [1.82, 2.24) is 4.90 Å². The molecule has 1 aromatic carbocycles. The summed E-state index contributed by atoms with van der Waals surface area (Å²) in [6.45, 7) is 2.91. The molecule has 25 heavy (non-hydrogen) atoms. The lowest BCUT2D eigenvalue weighted by atomic mass is 9.75. The van der Waals surface area contributed by atoms with Gasteiger partial charge in [0, 0.05) is 25.8 Å². The molecule has 3 rings (SSSR count). The molecule has 1 aliphatic heterocycles. The third kappa shape index (κ3) is 4.33. The van der Waals surface area contributed by atoms with Crippen molar-refractivity contribution in [2.75, 3.05) is 27.3 Å². The largest absolute Gasteiger partial charge is 0.496 e. The molecule has 1 unspecified atom stereocenters. The molecule has 138 valence electrons. The maximum absolute atomic E-state index is 12.0. The Morgan fingerprint density at radius 3 is 2.80 bits per heavy atom. The van der Waals surface area contributed by atoms with Crippen LogP contribution in [0.2, 0.25) is 0 Å². The van der Waals surface area contributed by atoms with E-state index < -0.39 is 11.4 Å². The number of methoxy groups -OCH3 is 2. The van der Waals surface area contributed by atoms with E-state index in [-0.39, 0.29) is 0 Å². The van der Waals surface area contributed by atoms with Gasteiger partial charge in [-0.1, -0.05) is 18.9 Å². The number of rotatable bonds is 8. The van der Waals surface area contributed by atoms with Crippen molar-refractivity contribution in [2.45, 2.75) is 45.3 Å². The van der Waals surface area contributed by atoms with E-state index in [4.69, 9.17) is 9.47 Å². The average molecular weight is 347 g/mol. The maximum Gasteiger partial charge on any atom is 0.310 e. The predicted molar refractivity (Wildman–Crippen MR) is 95.6 cm³/mol. The quantitative estimate of drug-likeness (QED) is 0.782. The van der Waals surface area contributed by atoms with Crippen molar-refractivity contribution < 1.29 is 19.4 Å². The number of carbonyl (C=O) groups is 1. The first-order valence-corrected chi connectivity index (χ1v) is 9.17. The van der Waals surface area contributed by atoms with Crippen LogP contribution in [0.4, 0.5) is 0 Å². The summed E-state index contributed by atoms with van der Waals surface area (Å²) >= 11 is 0. The van der Waals surface area contributed by atoms with Gasteiger partial charge in [-0.3, -0.25) is 9.69 Å². The summed E-state index contributed by atoms with van der Waals surface area (Å²) < 4.78 is 10.6. The third-order valence-corrected chi connectivity index (χ3v) is 5.54. The molecule has 1 N–H and O–H groups in total. The lowest BCUT2D eigenvalue weighted by molar-refractivity contribution is -0.153. The molecular weight excluding hydrogens is 318 g/mol. The highest BCUT2D eigenvalue weighted by Gasteiger charge is 2.45. The number of piperidine rings is 1. The van der Waals surface area contributed by atoms with Gasteiger partial charge in [0.2, 0.25) is 0 Å². The molecule has 1 aliphatic carbocycles. The molecule has 2 aliphatic rings. The second-order valence-electron chi connectivity index (χ2n) is 7.63. The standard InChI is InChI=1S/C20H29NO4/c1-24-13-17-10-16(6-7-18(17)25-2)12-21-9-3-8-20(14-21,19(22)23)11-15-4-5-15/h6-7,10,15H,3-5,8-9,11-14H2,1-2H3,(H,22,23). The molecule has 0 radical (unpaired) electrons. The number of hydrogen-bond donors (Lipinski definition) is 1. The normalized spacial score (nSPS) is 24.2. The van der Waals surface area contributed by atoms with E-state index in [1.807, 2.05) is 6.07 Å². The Balaban J connectivity index is 1.71. The van der Waals surface area contributed by atoms with Crippen LogP contribution in [0.5, 0.6) is 5.75 Å². The molecule has 2 fully saturated rings. The van der Waals surface area contributed by atoms with Gasteiger partial charge in [0.1, 0.15) is 5.75 Å². The molecule has 1 aromatic rings. The summed E-state index contributed by atoms with van der Waals surface area (Å²) in [5.74, 6) is 0.849. The number of benzene rings is 1. The molecule has 5 heteroatoms. The summed E-state index contributed by atoms with van der Waals surface area (Å²) in [6, 6.07) is 6.15. The molecule has 5 nitrogen and oxygen atoms in total. The first-order chi connectivity index (χ1) is 12.1. The fourth-order valence-corrected chi connectivity index (χ4v) is 4.12. The maximum atomic E-state index is 12.0. The van der Waals surface area contributed by atoms with Gasteiger partial charge in [0.15, 0.2) is 0 Å². The molecule has 0 amide bonds. The molecule has 0 bridgehead atoms. The van der Waals surface area contributed by atoms with Crippen molar-refractivity contribution in [3.05, 3.63) is 29.3 Å². The van der Waals surface area contributed by atoms with Crippen LogP contribution in [-0.2, 0) is 22.7 Å². The van der Waals surface area contributed by atoms with E-state index >= 15 is 0 Å². The Kier molecular flexibility index (Phi) is 5.64. The number of likely N-dealkylation sites (tertiary alicyclic amines) is 1. The van der Waals surface area contributed by atoms with Gasteiger partial charge in [0.05, 0.1) is 19.1 Å². The summed E-state index contributed by atoms with van der Waals surface area (Å²) in [4.78, 5) is 14.3. The number of carboxylic acid groups (broad SMARTS) is 1. The van der Waals surface area contributed by atoms with E-state index in [9.17, 15) is 9.90 Å². The fraction of sp³-hybridized carbons (Fsp3) is 0.650. The lowest BCUT2D eigenvalue weighted by Crippen LogP contribution is -2.47. The summed E-state index contributed by atoms with van der Waals surface area (Å²) in [5.41, 5.74) is 1.66. The first kappa shape index (κ1) is 18.2. The van der Waals surface area contributed by atoms with Crippen molar-refractivity contribution in [3.63, 3.8) is 0 Å². The number of nitrogens with zero attached hydrogens (tertiary/aromatic N) is 1. The molecule has 1 saturated heterocycles. The first-order valence-electron chi connectivity index (χ1n) is 9.17. The summed E-state index contributed by atoms with van der Waals surface area (Å²) in [7, 11) is 3.34. The van der Waals surface area contributed by atoms with Crippen LogP contribution >= 0.6 is 0 Å².